The van der Waals surface area contributed by atoms with Crippen LogP contribution in [0.1, 0.15) is 22.7 Å². The van der Waals surface area contributed by atoms with Crippen LogP contribution in [0.15, 0.2) is 91.3 Å². The lowest BCUT2D eigenvalue weighted by Crippen LogP contribution is -2.29. The maximum absolute atomic E-state index is 13.1. The third-order valence-corrected chi connectivity index (χ3v) is 5.51. The van der Waals surface area contributed by atoms with E-state index in [0.717, 1.165) is 0 Å². The standard InChI is InChI=1S/C26H21N3O6/c1-2-13-35-21-10-8-18(9-11-21)24(30)22-23(19-6-3-7-20(14-19)29(33)34)28(26(32)25(22)31)16-17-5-4-12-27-15-17/h2-12,14-15,23,30H,1,13,16H2. The number of pyridine rings is 1. The van der Waals surface area contributed by atoms with Gasteiger partial charge in [0.25, 0.3) is 17.4 Å². The van der Waals surface area contributed by atoms with Crippen molar-refractivity contribution in [1.29, 1.82) is 0 Å². The molecule has 1 fully saturated rings. The Balaban J connectivity index is 1.82. The van der Waals surface area contributed by atoms with E-state index >= 15 is 0 Å². The zero-order valence-electron chi connectivity index (χ0n) is 18.5. The van der Waals surface area contributed by atoms with Gasteiger partial charge < -0.3 is 14.7 Å². The lowest BCUT2D eigenvalue weighted by molar-refractivity contribution is -0.384. The predicted octanol–water partition coefficient (Wildman–Crippen LogP) is 4.18. The molecule has 3 aromatic rings. The molecule has 1 saturated heterocycles. The van der Waals surface area contributed by atoms with Crippen LogP contribution < -0.4 is 4.74 Å². The number of benzene rings is 2. The number of carbonyl (C=O) groups is 2. The number of aliphatic hydroxyl groups is 1. The second kappa shape index (κ2) is 10.0. The van der Waals surface area contributed by atoms with Gasteiger partial charge in [-0.25, -0.2) is 0 Å². The molecule has 1 amide bonds. The van der Waals surface area contributed by atoms with E-state index in [2.05, 4.69) is 11.6 Å². The molecule has 0 spiro atoms. The number of likely N-dealkylation sites (tertiary alicyclic amines) is 1. The number of rotatable bonds is 8. The number of carbonyl (C=O) groups excluding carboxylic acids is 2. The molecule has 1 N–H and O–H groups in total. The minimum absolute atomic E-state index is 0.0247. The highest BCUT2D eigenvalue weighted by Crippen LogP contribution is 2.41. The number of nitro benzene ring substituents is 1. The molecule has 2 aromatic carbocycles. The Hall–Kier alpha value is -4.79. The number of non-ortho nitro benzene ring substituents is 1. The SMILES string of the molecule is C=CCOc1ccc(C(O)=C2C(=O)C(=O)N(Cc3cccnc3)C2c2cccc([N+](=O)[O-])c2)cc1. The van der Waals surface area contributed by atoms with Gasteiger partial charge in [-0.2, -0.15) is 0 Å². The van der Waals surface area contributed by atoms with Crippen molar-refractivity contribution in [3.63, 3.8) is 0 Å². The van der Waals surface area contributed by atoms with Gasteiger partial charge in [-0.15, -0.1) is 0 Å². The first-order valence-electron chi connectivity index (χ1n) is 10.7. The van der Waals surface area contributed by atoms with Crippen molar-refractivity contribution in [3.05, 3.63) is 118 Å². The average Bonchev–Trinajstić information content (AvgIpc) is 3.13. The van der Waals surface area contributed by atoms with E-state index in [1.54, 1.807) is 60.9 Å². The van der Waals surface area contributed by atoms with Crippen molar-refractivity contribution in [3.8, 4) is 5.75 Å². The molecule has 9 nitrogen and oxygen atoms in total. The van der Waals surface area contributed by atoms with Crippen LogP contribution in [0.5, 0.6) is 5.75 Å². The van der Waals surface area contributed by atoms with Crippen LogP contribution in [0.25, 0.3) is 5.76 Å². The summed E-state index contributed by atoms with van der Waals surface area (Å²) >= 11 is 0. The maximum atomic E-state index is 13.1. The van der Waals surface area contributed by atoms with Crippen molar-refractivity contribution < 1.29 is 24.4 Å². The number of nitro groups is 1. The lowest BCUT2D eigenvalue weighted by atomic mass is 9.95. The fourth-order valence-corrected chi connectivity index (χ4v) is 3.91. The van der Waals surface area contributed by atoms with E-state index in [9.17, 15) is 24.8 Å². The average molecular weight is 471 g/mol. The summed E-state index contributed by atoms with van der Waals surface area (Å²) in [6.07, 6.45) is 4.74. The van der Waals surface area contributed by atoms with Gasteiger partial charge in [-0.3, -0.25) is 24.7 Å². The van der Waals surface area contributed by atoms with Crippen LogP contribution in [0.3, 0.4) is 0 Å². The van der Waals surface area contributed by atoms with E-state index < -0.39 is 22.7 Å². The number of hydrogen-bond donors (Lipinski definition) is 1. The number of hydrogen-bond acceptors (Lipinski definition) is 7. The minimum atomic E-state index is -1.04. The first-order valence-corrected chi connectivity index (χ1v) is 10.7. The molecule has 1 unspecified atom stereocenters. The van der Waals surface area contributed by atoms with E-state index in [1.165, 1.54) is 23.1 Å². The van der Waals surface area contributed by atoms with Crippen molar-refractivity contribution in [1.82, 2.24) is 9.88 Å². The number of amides is 1. The largest absolute Gasteiger partial charge is 0.507 e. The third-order valence-electron chi connectivity index (χ3n) is 5.51. The van der Waals surface area contributed by atoms with Gasteiger partial charge in [-0.1, -0.05) is 30.9 Å². The summed E-state index contributed by atoms with van der Waals surface area (Å²) in [6.45, 7) is 3.92. The Bertz CT molecular complexity index is 1320. The highest BCUT2D eigenvalue weighted by Gasteiger charge is 2.46. The second-order valence-electron chi connectivity index (χ2n) is 7.76. The first-order chi connectivity index (χ1) is 16.9. The Kier molecular flexibility index (Phi) is 6.68. The van der Waals surface area contributed by atoms with Crippen molar-refractivity contribution in [2.45, 2.75) is 12.6 Å². The van der Waals surface area contributed by atoms with Crippen LogP contribution in [0.2, 0.25) is 0 Å². The highest BCUT2D eigenvalue weighted by molar-refractivity contribution is 6.46. The van der Waals surface area contributed by atoms with Gasteiger partial charge in [-0.05, 0) is 41.5 Å². The quantitative estimate of drug-likeness (QED) is 0.131. The molecule has 1 aromatic heterocycles. The number of Topliss-reactive ketones (excluding diaryl/α,β-unsaturated/α-hetero) is 1. The molecule has 0 radical (unpaired) electrons. The summed E-state index contributed by atoms with van der Waals surface area (Å²) in [5, 5.41) is 22.5. The second-order valence-corrected chi connectivity index (χ2v) is 7.76. The summed E-state index contributed by atoms with van der Waals surface area (Å²) in [6, 6.07) is 14.4. The molecule has 1 atom stereocenters. The Morgan fingerprint density at radius 3 is 2.60 bits per heavy atom. The van der Waals surface area contributed by atoms with Crippen LogP contribution >= 0.6 is 0 Å². The van der Waals surface area contributed by atoms with E-state index in [4.69, 9.17) is 4.74 Å². The molecule has 0 bridgehead atoms. The number of ketones is 1. The Morgan fingerprint density at radius 2 is 1.94 bits per heavy atom. The zero-order valence-corrected chi connectivity index (χ0v) is 18.5. The summed E-state index contributed by atoms with van der Waals surface area (Å²) in [5.74, 6) is -1.55. The molecular weight excluding hydrogens is 450 g/mol. The summed E-state index contributed by atoms with van der Waals surface area (Å²) in [4.78, 5) is 42.4. The topological polar surface area (TPSA) is 123 Å². The molecule has 9 heteroatoms. The van der Waals surface area contributed by atoms with Gasteiger partial charge >= 0.3 is 0 Å². The number of aliphatic hydroxyl groups excluding tert-OH is 1. The van der Waals surface area contributed by atoms with Gasteiger partial charge in [0, 0.05) is 36.6 Å². The van der Waals surface area contributed by atoms with Crippen LogP contribution in [-0.2, 0) is 16.1 Å². The monoisotopic (exact) mass is 471 g/mol. The lowest BCUT2D eigenvalue weighted by Gasteiger charge is -2.25. The number of aromatic nitrogens is 1. The van der Waals surface area contributed by atoms with E-state index in [1.807, 2.05) is 0 Å². The summed E-state index contributed by atoms with van der Waals surface area (Å²) < 4.78 is 5.45. The van der Waals surface area contributed by atoms with Crippen molar-refractivity contribution in [2.24, 2.45) is 0 Å². The summed E-state index contributed by atoms with van der Waals surface area (Å²) in [5.41, 5.74) is 0.936. The van der Waals surface area contributed by atoms with E-state index in [0.29, 0.717) is 29.0 Å². The maximum Gasteiger partial charge on any atom is 0.295 e. The van der Waals surface area contributed by atoms with Gasteiger partial charge in [0.2, 0.25) is 0 Å². The van der Waals surface area contributed by atoms with Gasteiger partial charge in [0.15, 0.2) is 0 Å². The number of ether oxygens (including phenoxy) is 1. The Morgan fingerprint density at radius 1 is 1.17 bits per heavy atom. The molecule has 2 heterocycles. The minimum Gasteiger partial charge on any atom is -0.507 e. The normalized spacial score (nSPS) is 16.8. The zero-order chi connectivity index (χ0) is 24.9. The number of nitrogens with zero attached hydrogens (tertiary/aromatic N) is 3. The molecule has 0 aliphatic carbocycles. The third kappa shape index (κ3) is 4.79. The molecule has 4 rings (SSSR count). The van der Waals surface area contributed by atoms with Crippen molar-refractivity contribution >= 4 is 23.1 Å². The molecule has 176 valence electrons. The van der Waals surface area contributed by atoms with Gasteiger partial charge in [0.1, 0.15) is 18.1 Å². The van der Waals surface area contributed by atoms with Crippen LogP contribution in [-0.4, -0.2) is 38.2 Å². The van der Waals surface area contributed by atoms with Crippen LogP contribution in [0, 0.1) is 10.1 Å². The first kappa shape index (κ1) is 23.4. The molecular formula is C26H21N3O6. The fourth-order valence-electron chi connectivity index (χ4n) is 3.91. The highest BCUT2D eigenvalue weighted by atomic mass is 16.6. The molecule has 1 aliphatic rings. The molecule has 0 saturated carbocycles. The van der Waals surface area contributed by atoms with E-state index in [-0.39, 0.29) is 23.6 Å². The molecule has 35 heavy (non-hydrogen) atoms. The smallest absolute Gasteiger partial charge is 0.295 e. The molecule has 1 aliphatic heterocycles. The fraction of sp³-hybridized carbons (Fsp3) is 0.115. The summed E-state index contributed by atoms with van der Waals surface area (Å²) in [7, 11) is 0. The van der Waals surface area contributed by atoms with Crippen LogP contribution in [0.4, 0.5) is 5.69 Å². The van der Waals surface area contributed by atoms with Gasteiger partial charge in [0.05, 0.1) is 16.5 Å². The Labute approximate surface area is 200 Å². The predicted molar refractivity (Wildman–Crippen MR) is 127 cm³/mol. The van der Waals surface area contributed by atoms with Crippen molar-refractivity contribution in [2.75, 3.05) is 6.61 Å².